The number of aromatic nitrogens is 1. The number of fused-ring (bicyclic) bond motifs is 1. The third kappa shape index (κ3) is 3.23. The van der Waals surface area contributed by atoms with Gasteiger partial charge in [-0.05, 0) is 30.7 Å². The number of hydrogen-bond acceptors (Lipinski definition) is 2. The zero-order valence-corrected chi connectivity index (χ0v) is 10.5. The summed E-state index contributed by atoms with van der Waals surface area (Å²) in [5.74, 6) is 0. The molecule has 0 saturated carbocycles. The van der Waals surface area contributed by atoms with Crippen molar-refractivity contribution in [3.63, 3.8) is 0 Å². The molecule has 0 spiro atoms. The first-order valence-corrected chi connectivity index (χ1v) is 6.15. The van der Waals surface area contributed by atoms with E-state index in [0.29, 0.717) is 5.56 Å². The van der Waals surface area contributed by atoms with Crippen LogP contribution in [0.2, 0.25) is 0 Å². The Hall–Kier alpha value is -1.62. The molecule has 1 unspecified atom stereocenters. The highest BCUT2D eigenvalue weighted by molar-refractivity contribution is 5.81. The van der Waals surface area contributed by atoms with E-state index in [2.05, 4.69) is 10.3 Å². The molecular formula is C14H15F3N2. The summed E-state index contributed by atoms with van der Waals surface area (Å²) < 4.78 is 38.7. The third-order valence-electron chi connectivity index (χ3n) is 3.01. The second-order valence-electron chi connectivity index (χ2n) is 4.34. The minimum atomic E-state index is -4.25. The maximum Gasteiger partial charge on any atom is 0.404 e. The van der Waals surface area contributed by atoms with Crippen molar-refractivity contribution in [3.05, 3.63) is 42.1 Å². The molecule has 0 radical (unpaired) electrons. The molecule has 2 rings (SSSR count). The molecule has 0 fully saturated rings. The summed E-state index contributed by atoms with van der Waals surface area (Å²) >= 11 is 0. The Labute approximate surface area is 109 Å². The number of rotatable bonds is 4. The second kappa shape index (κ2) is 5.57. The lowest BCUT2D eigenvalue weighted by Gasteiger charge is -2.21. The maximum atomic E-state index is 12.9. The molecule has 0 aliphatic rings. The molecule has 2 nitrogen and oxygen atoms in total. The Kier molecular flexibility index (Phi) is 4.04. The van der Waals surface area contributed by atoms with Gasteiger partial charge in [0.1, 0.15) is 6.04 Å². The quantitative estimate of drug-likeness (QED) is 0.920. The summed E-state index contributed by atoms with van der Waals surface area (Å²) in [6.07, 6.45) is -2.78. The molecule has 1 N–H and O–H groups in total. The van der Waals surface area contributed by atoms with Crippen molar-refractivity contribution in [3.8, 4) is 0 Å². The van der Waals surface area contributed by atoms with Gasteiger partial charge in [-0.1, -0.05) is 25.1 Å². The van der Waals surface area contributed by atoms with Crippen LogP contribution in [0, 0.1) is 0 Å². The van der Waals surface area contributed by atoms with E-state index < -0.39 is 12.2 Å². The van der Waals surface area contributed by atoms with Gasteiger partial charge in [0.25, 0.3) is 0 Å². The summed E-state index contributed by atoms with van der Waals surface area (Å²) in [6.45, 7) is 1.95. The average Bonchev–Trinajstić information content (AvgIpc) is 2.37. The molecule has 102 valence electrons. The zero-order valence-electron chi connectivity index (χ0n) is 10.5. The summed E-state index contributed by atoms with van der Waals surface area (Å²) in [5.41, 5.74) is 1.38. The van der Waals surface area contributed by atoms with Gasteiger partial charge in [0.2, 0.25) is 0 Å². The Balaban J connectivity index is 2.34. The van der Waals surface area contributed by atoms with Gasteiger partial charge < -0.3 is 5.32 Å². The van der Waals surface area contributed by atoms with E-state index in [1.807, 2.05) is 12.1 Å². The highest BCUT2D eigenvalue weighted by atomic mass is 19.4. The predicted octanol–water partition coefficient (Wildman–Crippen LogP) is 3.32. The average molecular weight is 268 g/mol. The Morgan fingerprint density at radius 3 is 2.63 bits per heavy atom. The van der Waals surface area contributed by atoms with Crippen molar-refractivity contribution in [2.45, 2.75) is 25.6 Å². The van der Waals surface area contributed by atoms with Crippen LogP contribution in [0.3, 0.4) is 0 Å². The van der Waals surface area contributed by atoms with Crippen LogP contribution in [0.15, 0.2) is 36.5 Å². The van der Waals surface area contributed by atoms with Crippen LogP contribution >= 0.6 is 0 Å². The van der Waals surface area contributed by atoms with Gasteiger partial charge in [0.05, 0.1) is 5.52 Å². The van der Waals surface area contributed by atoms with Crippen molar-refractivity contribution < 1.29 is 13.2 Å². The van der Waals surface area contributed by atoms with Gasteiger partial charge in [0.15, 0.2) is 0 Å². The van der Waals surface area contributed by atoms with Crippen LogP contribution in [-0.4, -0.2) is 23.7 Å². The van der Waals surface area contributed by atoms with Crippen molar-refractivity contribution in [1.82, 2.24) is 10.3 Å². The number of nitrogens with one attached hydrogen (secondary N) is 1. The summed E-state index contributed by atoms with van der Waals surface area (Å²) in [7, 11) is 0. The van der Waals surface area contributed by atoms with Crippen LogP contribution in [0.4, 0.5) is 13.2 Å². The first-order valence-electron chi connectivity index (χ1n) is 6.15. The molecule has 1 atom stereocenters. The monoisotopic (exact) mass is 268 g/mol. The Morgan fingerprint density at radius 1 is 1.21 bits per heavy atom. The van der Waals surface area contributed by atoms with Gasteiger partial charge in [-0.2, -0.15) is 13.2 Å². The minimum absolute atomic E-state index is 0.0830. The summed E-state index contributed by atoms with van der Waals surface area (Å²) in [5, 5.41) is 3.27. The zero-order chi connectivity index (χ0) is 13.9. The van der Waals surface area contributed by atoms with E-state index in [1.54, 1.807) is 31.3 Å². The van der Waals surface area contributed by atoms with Crippen molar-refractivity contribution >= 4 is 10.9 Å². The van der Waals surface area contributed by atoms with E-state index in [1.165, 1.54) is 0 Å². The van der Waals surface area contributed by atoms with E-state index in [0.717, 1.165) is 10.9 Å². The normalized spacial score (nSPS) is 13.7. The van der Waals surface area contributed by atoms with Crippen LogP contribution in [0.25, 0.3) is 10.9 Å². The molecule has 0 aliphatic heterocycles. The van der Waals surface area contributed by atoms with Crippen molar-refractivity contribution in [2.75, 3.05) is 6.54 Å². The largest absolute Gasteiger partial charge is 0.404 e. The van der Waals surface area contributed by atoms with Crippen LogP contribution in [0.1, 0.15) is 12.5 Å². The topological polar surface area (TPSA) is 24.9 Å². The molecule has 5 heteroatoms. The molecule has 0 amide bonds. The fourth-order valence-corrected chi connectivity index (χ4v) is 2.10. The Morgan fingerprint density at radius 2 is 1.95 bits per heavy atom. The number of para-hydroxylation sites is 1. The number of hydrogen-bond donors (Lipinski definition) is 1. The van der Waals surface area contributed by atoms with Crippen molar-refractivity contribution in [1.29, 1.82) is 0 Å². The lowest BCUT2D eigenvalue weighted by atomic mass is 10.0. The number of benzene rings is 1. The molecule has 2 aromatic rings. The molecule has 0 saturated heterocycles. The number of pyridine rings is 1. The van der Waals surface area contributed by atoms with Crippen LogP contribution in [0.5, 0.6) is 0 Å². The van der Waals surface area contributed by atoms with Gasteiger partial charge in [-0.25, -0.2) is 0 Å². The SMILES string of the molecule is CCNC(Cc1ccnc2ccccc12)C(F)(F)F. The van der Waals surface area contributed by atoms with Crippen LogP contribution in [-0.2, 0) is 6.42 Å². The van der Waals surface area contributed by atoms with Crippen molar-refractivity contribution in [2.24, 2.45) is 0 Å². The first kappa shape index (κ1) is 13.8. The van der Waals surface area contributed by atoms with E-state index in [-0.39, 0.29) is 13.0 Å². The van der Waals surface area contributed by atoms with Gasteiger partial charge >= 0.3 is 6.18 Å². The highest BCUT2D eigenvalue weighted by Crippen LogP contribution is 2.25. The second-order valence-corrected chi connectivity index (χ2v) is 4.34. The number of alkyl halides is 3. The van der Waals surface area contributed by atoms with E-state index in [4.69, 9.17) is 0 Å². The van der Waals surface area contributed by atoms with Gasteiger partial charge in [0, 0.05) is 11.6 Å². The van der Waals surface area contributed by atoms with E-state index in [9.17, 15) is 13.2 Å². The van der Waals surface area contributed by atoms with E-state index >= 15 is 0 Å². The Bertz CT molecular complexity index is 546. The summed E-state index contributed by atoms with van der Waals surface area (Å²) in [4.78, 5) is 4.16. The lowest BCUT2D eigenvalue weighted by Crippen LogP contribution is -2.43. The number of likely N-dealkylation sites (N-methyl/N-ethyl adjacent to an activating group) is 1. The molecule has 1 aromatic carbocycles. The predicted molar refractivity (Wildman–Crippen MR) is 69.0 cm³/mol. The minimum Gasteiger partial charge on any atom is -0.306 e. The molecule has 19 heavy (non-hydrogen) atoms. The smallest absolute Gasteiger partial charge is 0.306 e. The fourth-order valence-electron chi connectivity index (χ4n) is 2.10. The molecule has 1 heterocycles. The number of nitrogens with zero attached hydrogens (tertiary/aromatic N) is 1. The third-order valence-corrected chi connectivity index (χ3v) is 3.01. The molecule has 0 aliphatic carbocycles. The summed E-state index contributed by atoms with van der Waals surface area (Å²) in [6, 6.07) is 7.36. The van der Waals surface area contributed by atoms with Gasteiger partial charge in [-0.3, -0.25) is 4.98 Å². The van der Waals surface area contributed by atoms with Crippen LogP contribution < -0.4 is 5.32 Å². The molecular weight excluding hydrogens is 253 g/mol. The van der Waals surface area contributed by atoms with Gasteiger partial charge in [-0.15, -0.1) is 0 Å². The molecule has 1 aromatic heterocycles. The molecule has 0 bridgehead atoms. The lowest BCUT2D eigenvalue weighted by molar-refractivity contribution is -0.155. The highest BCUT2D eigenvalue weighted by Gasteiger charge is 2.39. The maximum absolute atomic E-state index is 12.9. The number of halogens is 3. The standard InChI is InChI=1S/C14H15F3N2/c1-2-18-13(14(15,16)17)9-10-7-8-19-12-6-4-3-5-11(10)12/h3-8,13,18H,2,9H2,1H3. The first-order chi connectivity index (χ1) is 9.02. The fraction of sp³-hybridized carbons (Fsp3) is 0.357.